The van der Waals surface area contributed by atoms with Crippen molar-refractivity contribution in [2.75, 3.05) is 20.3 Å². The Balaban J connectivity index is 1.92. The summed E-state index contributed by atoms with van der Waals surface area (Å²) in [5.41, 5.74) is 2.06. The summed E-state index contributed by atoms with van der Waals surface area (Å²) in [5, 5.41) is 0.391. The van der Waals surface area contributed by atoms with Crippen molar-refractivity contribution in [3.8, 4) is 11.5 Å². The van der Waals surface area contributed by atoms with Crippen molar-refractivity contribution in [3.63, 3.8) is 0 Å². The molecule has 0 amide bonds. The molecule has 9 heteroatoms. The molecule has 0 aliphatic carbocycles. The number of methoxy groups -OCH3 is 1. The lowest BCUT2D eigenvalue weighted by Gasteiger charge is -2.24. The monoisotopic (exact) mass is 512 g/mol. The number of carbonyl (C=O) groups is 1. The van der Waals surface area contributed by atoms with Gasteiger partial charge in [0, 0.05) is 0 Å². The van der Waals surface area contributed by atoms with Gasteiger partial charge >= 0.3 is 5.97 Å². The van der Waals surface area contributed by atoms with Gasteiger partial charge in [-0.2, -0.15) is 0 Å². The fourth-order valence-corrected chi connectivity index (χ4v) is 5.33. The fraction of sp³-hybridized carbons (Fsp3) is 0.269. The van der Waals surface area contributed by atoms with E-state index in [1.165, 1.54) is 18.4 Å². The van der Waals surface area contributed by atoms with Crippen LogP contribution in [-0.2, 0) is 9.53 Å². The maximum absolute atomic E-state index is 13.6. The van der Waals surface area contributed by atoms with E-state index >= 15 is 0 Å². The van der Waals surface area contributed by atoms with Crippen molar-refractivity contribution < 1.29 is 19.0 Å². The lowest BCUT2D eigenvalue weighted by molar-refractivity contribution is -0.136. The molecule has 0 fully saturated rings. The second-order valence-electron chi connectivity index (χ2n) is 7.68. The standard InChI is InChI=1S/C26H25ClN2O5S/c1-5-33-19-13-16(12-18(27)23(19)34-6-2)14-20-24(30)29-22(17-10-8-7-9-11-17)21(25(31)32-4)15(3)28-26(29)35-20/h7-14,22H,5-6H2,1-4H3. The van der Waals surface area contributed by atoms with Gasteiger partial charge in [0.15, 0.2) is 16.3 Å². The molecule has 1 unspecified atom stereocenters. The van der Waals surface area contributed by atoms with Crippen molar-refractivity contribution in [3.05, 3.63) is 89.6 Å². The lowest BCUT2D eigenvalue weighted by atomic mass is 9.96. The number of hydrogen-bond donors (Lipinski definition) is 0. The second kappa shape index (κ2) is 10.5. The minimum atomic E-state index is -0.648. The van der Waals surface area contributed by atoms with Gasteiger partial charge in [0.1, 0.15) is 0 Å². The number of carbonyl (C=O) groups excluding carboxylic acids is 1. The van der Waals surface area contributed by atoms with Crippen LogP contribution in [0.2, 0.25) is 5.02 Å². The number of halogens is 1. The highest BCUT2D eigenvalue weighted by atomic mass is 35.5. The summed E-state index contributed by atoms with van der Waals surface area (Å²) in [6.07, 6.45) is 1.74. The molecule has 0 spiro atoms. The smallest absolute Gasteiger partial charge is 0.338 e. The molecule has 0 bridgehead atoms. The van der Waals surface area contributed by atoms with Crippen LogP contribution in [0.3, 0.4) is 0 Å². The van der Waals surface area contributed by atoms with Crippen molar-refractivity contribution >= 4 is 35.0 Å². The molecule has 2 aromatic carbocycles. The Morgan fingerprint density at radius 2 is 1.89 bits per heavy atom. The van der Waals surface area contributed by atoms with Crippen LogP contribution in [0.1, 0.15) is 37.9 Å². The highest BCUT2D eigenvalue weighted by Crippen LogP contribution is 2.37. The van der Waals surface area contributed by atoms with E-state index in [-0.39, 0.29) is 5.56 Å². The van der Waals surface area contributed by atoms with Gasteiger partial charge < -0.3 is 14.2 Å². The van der Waals surface area contributed by atoms with Gasteiger partial charge in [0.25, 0.3) is 5.56 Å². The molecule has 2 heterocycles. The molecule has 1 aromatic heterocycles. The lowest BCUT2D eigenvalue weighted by Crippen LogP contribution is -2.39. The van der Waals surface area contributed by atoms with Crippen LogP contribution >= 0.6 is 22.9 Å². The van der Waals surface area contributed by atoms with Crippen LogP contribution in [0.4, 0.5) is 0 Å². The predicted octanol–water partition coefficient (Wildman–Crippen LogP) is 3.86. The van der Waals surface area contributed by atoms with E-state index in [0.717, 1.165) is 5.56 Å². The Labute approximate surface area is 211 Å². The van der Waals surface area contributed by atoms with E-state index in [2.05, 4.69) is 4.99 Å². The quantitative estimate of drug-likeness (QED) is 0.449. The number of hydrogen-bond acceptors (Lipinski definition) is 7. The van der Waals surface area contributed by atoms with Crippen molar-refractivity contribution in [2.45, 2.75) is 26.8 Å². The molecule has 0 saturated heterocycles. The maximum Gasteiger partial charge on any atom is 0.338 e. The van der Waals surface area contributed by atoms with Crippen LogP contribution in [0.15, 0.2) is 63.5 Å². The van der Waals surface area contributed by atoms with Gasteiger partial charge in [-0.05, 0) is 50.1 Å². The van der Waals surface area contributed by atoms with Crippen molar-refractivity contribution in [2.24, 2.45) is 4.99 Å². The molecule has 4 rings (SSSR count). The number of allylic oxidation sites excluding steroid dienone is 1. The third-order valence-electron chi connectivity index (χ3n) is 5.46. The fourth-order valence-electron chi connectivity index (χ4n) is 4.01. The molecule has 35 heavy (non-hydrogen) atoms. The molecule has 1 aliphatic rings. The summed E-state index contributed by atoms with van der Waals surface area (Å²) in [6.45, 7) is 6.38. The van der Waals surface area contributed by atoms with Crippen LogP contribution in [-0.4, -0.2) is 30.9 Å². The highest BCUT2D eigenvalue weighted by Gasteiger charge is 2.32. The van der Waals surface area contributed by atoms with E-state index in [4.69, 9.17) is 25.8 Å². The van der Waals surface area contributed by atoms with Gasteiger partial charge in [-0.1, -0.05) is 53.3 Å². The minimum Gasteiger partial charge on any atom is -0.490 e. The summed E-state index contributed by atoms with van der Waals surface area (Å²) < 4.78 is 18.4. The Bertz CT molecular complexity index is 1470. The number of aromatic nitrogens is 1. The maximum atomic E-state index is 13.6. The molecular weight excluding hydrogens is 488 g/mol. The van der Waals surface area contributed by atoms with E-state index in [1.54, 1.807) is 29.7 Å². The van der Waals surface area contributed by atoms with E-state index in [0.29, 0.717) is 55.9 Å². The molecule has 7 nitrogen and oxygen atoms in total. The highest BCUT2D eigenvalue weighted by molar-refractivity contribution is 7.07. The minimum absolute atomic E-state index is 0.264. The molecule has 1 aliphatic heterocycles. The first-order valence-corrected chi connectivity index (χ1v) is 12.3. The number of benzene rings is 2. The molecule has 0 saturated carbocycles. The number of ether oxygens (including phenoxy) is 3. The zero-order valence-corrected chi connectivity index (χ0v) is 21.4. The van der Waals surface area contributed by atoms with Crippen LogP contribution in [0, 0.1) is 0 Å². The Morgan fingerprint density at radius 3 is 2.54 bits per heavy atom. The average Bonchev–Trinajstić information content (AvgIpc) is 3.15. The van der Waals surface area contributed by atoms with Crippen LogP contribution < -0.4 is 24.4 Å². The van der Waals surface area contributed by atoms with E-state index < -0.39 is 12.0 Å². The SMILES string of the molecule is CCOc1cc(C=c2sc3n(c2=O)C(c2ccccc2)C(C(=O)OC)=C(C)N=3)cc(Cl)c1OCC. The van der Waals surface area contributed by atoms with Crippen molar-refractivity contribution in [1.82, 2.24) is 4.57 Å². The van der Waals surface area contributed by atoms with Crippen molar-refractivity contribution in [1.29, 1.82) is 0 Å². The molecule has 3 aromatic rings. The first kappa shape index (κ1) is 24.8. The summed E-state index contributed by atoms with van der Waals surface area (Å²) in [7, 11) is 1.32. The molecule has 0 radical (unpaired) electrons. The number of esters is 1. The first-order chi connectivity index (χ1) is 16.9. The third kappa shape index (κ3) is 4.76. The largest absolute Gasteiger partial charge is 0.490 e. The summed E-state index contributed by atoms with van der Waals surface area (Å²) in [6, 6.07) is 12.2. The number of fused-ring (bicyclic) bond motifs is 1. The number of nitrogens with zero attached hydrogens (tertiary/aromatic N) is 2. The molecular formula is C26H25ClN2O5S. The molecule has 1 atom stereocenters. The van der Waals surface area contributed by atoms with E-state index in [9.17, 15) is 9.59 Å². The second-order valence-corrected chi connectivity index (χ2v) is 9.10. The van der Waals surface area contributed by atoms with Gasteiger partial charge in [-0.15, -0.1) is 0 Å². The topological polar surface area (TPSA) is 79.1 Å². The van der Waals surface area contributed by atoms with Gasteiger partial charge in [0.05, 0.1) is 47.2 Å². The summed E-state index contributed by atoms with van der Waals surface area (Å²) in [4.78, 5) is 31.4. The van der Waals surface area contributed by atoms with Gasteiger partial charge in [0.2, 0.25) is 0 Å². The molecule has 182 valence electrons. The average molecular weight is 513 g/mol. The van der Waals surface area contributed by atoms with Crippen LogP contribution in [0.25, 0.3) is 6.08 Å². The van der Waals surface area contributed by atoms with Gasteiger partial charge in [-0.3, -0.25) is 9.36 Å². The number of rotatable bonds is 7. The Morgan fingerprint density at radius 1 is 1.17 bits per heavy atom. The zero-order chi connectivity index (χ0) is 25.1. The Kier molecular flexibility index (Phi) is 7.42. The Hall–Kier alpha value is -3.36. The first-order valence-electron chi connectivity index (χ1n) is 11.1. The van der Waals surface area contributed by atoms with Gasteiger partial charge in [-0.25, -0.2) is 9.79 Å². The summed E-state index contributed by atoms with van der Waals surface area (Å²) >= 11 is 7.71. The van der Waals surface area contributed by atoms with Crippen LogP contribution in [0.5, 0.6) is 11.5 Å². The molecule has 0 N–H and O–H groups in total. The number of thiazole rings is 1. The third-order valence-corrected chi connectivity index (χ3v) is 6.72. The predicted molar refractivity (Wildman–Crippen MR) is 136 cm³/mol. The zero-order valence-electron chi connectivity index (χ0n) is 19.8. The van der Waals surface area contributed by atoms with E-state index in [1.807, 2.05) is 44.2 Å². The summed E-state index contributed by atoms with van der Waals surface area (Å²) in [5.74, 6) is 0.456. The normalized spacial score (nSPS) is 15.5.